The standard InChI is InChI=1S/C13H15F2N3O2S2/c1-9-11(4-3-5-12(9)21-2)17-22(19,20)10-6-16-18(7-10)8-13(14)15/h3-7,13,17H,8H2,1-2H3. The first kappa shape index (κ1) is 16.8. The van der Waals surface area contributed by atoms with Crippen LogP contribution in [0.3, 0.4) is 0 Å². The molecule has 0 aliphatic carbocycles. The summed E-state index contributed by atoms with van der Waals surface area (Å²) < 4.78 is 52.5. The number of alkyl halides is 2. The maximum atomic E-state index is 12.3. The Morgan fingerprint density at radius 2 is 2.14 bits per heavy atom. The Balaban J connectivity index is 2.26. The Kier molecular flexibility index (Phi) is 5.07. The smallest absolute Gasteiger partial charge is 0.265 e. The summed E-state index contributed by atoms with van der Waals surface area (Å²) in [5.41, 5.74) is 1.26. The molecule has 1 heterocycles. The zero-order valence-corrected chi connectivity index (χ0v) is 13.6. The Hall–Kier alpha value is -1.61. The Morgan fingerprint density at radius 3 is 2.77 bits per heavy atom. The summed E-state index contributed by atoms with van der Waals surface area (Å²) in [4.78, 5) is 0.802. The van der Waals surface area contributed by atoms with E-state index in [-0.39, 0.29) is 4.90 Å². The molecule has 0 amide bonds. The fraction of sp³-hybridized carbons (Fsp3) is 0.308. The van der Waals surface area contributed by atoms with Gasteiger partial charge in [-0.05, 0) is 30.9 Å². The predicted octanol–water partition coefficient (Wildman–Crippen LogP) is 2.98. The molecule has 0 aliphatic heterocycles. The molecule has 1 aromatic carbocycles. The van der Waals surface area contributed by atoms with Crippen molar-refractivity contribution in [3.63, 3.8) is 0 Å². The van der Waals surface area contributed by atoms with E-state index in [2.05, 4.69) is 9.82 Å². The lowest BCUT2D eigenvalue weighted by atomic mass is 10.2. The van der Waals surface area contributed by atoms with Crippen molar-refractivity contribution in [2.24, 2.45) is 0 Å². The minimum Gasteiger partial charge on any atom is -0.279 e. The van der Waals surface area contributed by atoms with E-state index < -0.39 is 23.0 Å². The number of hydrogen-bond donors (Lipinski definition) is 1. The third-order valence-electron chi connectivity index (χ3n) is 2.99. The first-order valence-electron chi connectivity index (χ1n) is 6.30. The highest BCUT2D eigenvalue weighted by Gasteiger charge is 2.19. The van der Waals surface area contributed by atoms with Gasteiger partial charge in [0.2, 0.25) is 0 Å². The number of halogens is 2. The number of nitrogens with one attached hydrogen (secondary N) is 1. The highest BCUT2D eigenvalue weighted by Crippen LogP contribution is 2.27. The van der Waals surface area contributed by atoms with Crippen molar-refractivity contribution < 1.29 is 17.2 Å². The number of anilines is 1. The van der Waals surface area contributed by atoms with E-state index in [1.54, 1.807) is 12.1 Å². The zero-order chi connectivity index (χ0) is 16.3. The van der Waals surface area contributed by atoms with E-state index in [1.165, 1.54) is 11.8 Å². The summed E-state index contributed by atoms with van der Waals surface area (Å²) in [5, 5.41) is 3.63. The van der Waals surface area contributed by atoms with Gasteiger partial charge in [-0.25, -0.2) is 17.2 Å². The molecule has 0 fully saturated rings. The Bertz CT molecular complexity index is 760. The van der Waals surface area contributed by atoms with Crippen molar-refractivity contribution in [2.45, 2.75) is 29.7 Å². The molecule has 5 nitrogen and oxygen atoms in total. The van der Waals surface area contributed by atoms with E-state index in [4.69, 9.17) is 0 Å². The number of sulfonamides is 1. The van der Waals surface area contributed by atoms with Crippen LogP contribution in [0.1, 0.15) is 5.56 Å². The SMILES string of the molecule is CSc1cccc(NS(=O)(=O)c2cnn(CC(F)F)c2)c1C. The highest BCUT2D eigenvalue weighted by molar-refractivity contribution is 7.98. The van der Waals surface area contributed by atoms with Crippen molar-refractivity contribution in [2.75, 3.05) is 11.0 Å². The van der Waals surface area contributed by atoms with Crippen LogP contribution in [0.25, 0.3) is 0 Å². The average molecular weight is 347 g/mol. The van der Waals surface area contributed by atoms with Gasteiger partial charge in [0.05, 0.1) is 11.9 Å². The summed E-state index contributed by atoms with van der Waals surface area (Å²) >= 11 is 1.51. The normalized spacial score (nSPS) is 11.9. The summed E-state index contributed by atoms with van der Waals surface area (Å²) in [5.74, 6) is 0. The third-order valence-corrected chi connectivity index (χ3v) is 5.20. The molecule has 2 aromatic rings. The van der Waals surface area contributed by atoms with Crippen molar-refractivity contribution in [3.8, 4) is 0 Å². The molecular weight excluding hydrogens is 332 g/mol. The van der Waals surface area contributed by atoms with Gasteiger partial charge in [-0.2, -0.15) is 5.10 Å². The number of hydrogen-bond acceptors (Lipinski definition) is 4. The number of thioether (sulfide) groups is 1. The molecule has 0 atom stereocenters. The fourth-order valence-electron chi connectivity index (χ4n) is 1.87. The maximum absolute atomic E-state index is 12.3. The van der Waals surface area contributed by atoms with Gasteiger partial charge in [0.1, 0.15) is 11.4 Å². The van der Waals surface area contributed by atoms with Crippen LogP contribution in [0.15, 0.2) is 40.4 Å². The van der Waals surface area contributed by atoms with Crippen molar-refractivity contribution in [1.29, 1.82) is 0 Å². The quantitative estimate of drug-likeness (QED) is 0.816. The second kappa shape index (κ2) is 6.66. The van der Waals surface area contributed by atoms with Crippen LogP contribution in [0.2, 0.25) is 0 Å². The van der Waals surface area contributed by atoms with Crippen LogP contribution in [-0.4, -0.2) is 30.9 Å². The van der Waals surface area contributed by atoms with E-state index in [0.717, 1.165) is 27.5 Å². The van der Waals surface area contributed by atoms with E-state index >= 15 is 0 Å². The molecule has 0 unspecified atom stereocenters. The third kappa shape index (κ3) is 3.77. The molecule has 9 heteroatoms. The minimum atomic E-state index is -3.86. The Morgan fingerprint density at radius 1 is 1.41 bits per heavy atom. The summed E-state index contributed by atoms with van der Waals surface area (Å²) in [7, 11) is -3.86. The molecule has 120 valence electrons. The van der Waals surface area contributed by atoms with Gasteiger partial charge < -0.3 is 0 Å². The van der Waals surface area contributed by atoms with Gasteiger partial charge in [0, 0.05) is 11.1 Å². The van der Waals surface area contributed by atoms with Crippen LogP contribution >= 0.6 is 11.8 Å². The van der Waals surface area contributed by atoms with E-state index in [1.807, 2.05) is 19.2 Å². The van der Waals surface area contributed by atoms with Crippen molar-refractivity contribution >= 4 is 27.5 Å². The molecular formula is C13H15F2N3O2S2. The molecule has 0 bridgehead atoms. The van der Waals surface area contributed by atoms with Crippen LogP contribution in [0, 0.1) is 6.92 Å². The lowest BCUT2D eigenvalue weighted by Gasteiger charge is -2.11. The zero-order valence-electron chi connectivity index (χ0n) is 12.0. The van der Waals surface area contributed by atoms with Gasteiger partial charge >= 0.3 is 0 Å². The van der Waals surface area contributed by atoms with Crippen LogP contribution in [-0.2, 0) is 16.6 Å². The number of rotatable bonds is 6. The van der Waals surface area contributed by atoms with Gasteiger partial charge in [-0.3, -0.25) is 9.40 Å². The first-order valence-corrected chi connectivity index (χ1v) is 9.01. The highest BCUT2D eigenvalue weighted by atomic mass is 32.2. The molecule has 0 aliphatic rings. The number of benzene rings is 1. The van der Waals surface area contributed by atoms with Crippen LogP contribution in [0.4, 0.5) is 14.5 Å². The maximum Gasteiger partial charge on any atom is 0.265 e. The van der Waals surface area contributed by atoms with E-state index in [0.29, 0.717) is 5.69 Å². The lowest BCUT2D eigenvalue weighted by Crippen LogP contribution is -2.13. The predicted molar refractivity (Wildman–Crippen MR) is 82.0 cm³/mol. The van der Waals surface area contributed by atoms with Gasteiger partial charge in [-0.15, -0.1) is 11.8 Å². The first-order chi connectivity index (χ1) is 10.3. The number of nitrogens with zero attached hydrogens (tertiary/aromatic N) is 2. The van der Waals surface area contributed by atoms with Crippen LogP contribution < -0.4 is 4.72 Å². The fourth-order valence-corrected chi connectivity index (χ4v) is 3.58. The lowest BCUT2D eigenvalue weighted by molar-refractivity contribution is 0.121. The minimum absolute atomic E-state index is 0.151. The summed E-state index contributed by atoms with van der Waals surface area (Å²) in [6.07, 6.45) is 1.44. The number of aromatic nitrogens is 2. The average Bonchev–Trinajstić information content (AvgIpc) is 2.89. The van der Waals surface area contributed by atoms with Crippen molar-refractivity contribution in [3.05, 3.63) is 36.2 Å². The summed E-state index contributed by atoms with van der Waals surface area (Å²) in [6.45, 7) is 1.17. The molecule has 0 radical (unpaired) electrons. The molecule has 2 rings (SSSR count). The molecule has 0 spiro atoms. The van der Waals surface area contributed by atoms with Crippen LogP contribution in [0.5, 0.6) is 0 Å². The topological polar surface area (TPSA) is 64.0 Å². The van der Waals surface area contributed by atoms with Gasteiger partial charge in [-0.1, -0.05) is 6.07 Å². The summed E-state index contributed by atoms with van der Waals surface area (Å²) in [6, 6.07) is 5.28. The second-order valence-electron chi connectivity index (χ2n) is 4.53. The molecule has 1 aromatic heterocycles. The van der Waals surface area contributed by atoms with Gasteiger partial charge in [0.15, 0.2) is 0 Å². The molecule has 1 N–H and O–H groups in total. The Labute approximate surface area is 131 Å². The van der Waals surface area contributed by atoms with E-state index in [9.17, 15) is 17.2 Å². The molecule has 22 heavy (non-hydrogen) atoms. The molecule has 0 saturated heterocycles. The monoisotopic (exact) mass is 347 g/mol. The second-order valence-corrected chi connectivity index (χ2v) is 7.06. The van der Waals surface area contributed by atoms with Crippen molar-refractivity contribution in [1.82, 2.24) is 9.78 Å². The van der Waals surface area contributed by atoms with Gasteiger partial charge in [0.25, 0.3) is 16.4 Å². The largest absolute Gasteiger partial charge is 0.279 e. The molecule has 0 saturated carbocycles.